The van der Waals surface area contributed by atoms with Crippen molar-refractivity contribution in [1.29, 1.82) is 0 Å². The van der Waals surface area contributed by atoms with E-state index in [1.807, 2.05) is 13.0 Å². The van der Waals surface area contributed by atoms with Gasteiger partial charge < -0.3 is 36.4 Å². The Balaban J connectivity index is 1.97. The Morgan fingerprint density at radius 3 is 2.48 bits per heavy atom. The number of nitrogens with two attached hydrogens (primary N) is 1. The molecule has 2 amide bonds. The Hall–Kier alpha value is -3.84. The normalized spacial score (nSPS) is 22.4. The number of aliphatic hydroxyl groups excluding tert-OH is 1. The van der Waals surface area contributed by atoms with Crippen LogP contribution in [0.2, 0.25) is 0 Å². The first kappa shape index (κ1) is 32.7. The number of rotatable bonds is 12. The van der Waals surface area contributed by atoms with E-state index in [9.17, 15) is 29.1 Å². The summed E-state index contributed by atoms with van der Waals surface area (Å²) in [6, 6.07) is 2.92. The highest BCUT2D eigenvalue weighted by Crippen LogP contribution is 2.59. The number of carboxylic acids is 2. The van der Waals surface area contributed by atoms with Crippen LogP contribution in [0.4, 0.5) is 0 Å². The van der Waals surface area contributed by atoms with Gasteiger partial charge in [0.15, 0.2) is 0 Å². The number of hydrogen-bond acceptors (Lipinski definition) is 9. The minimum Gasteiger partial charge on any atom is -0.507 e. The van der Waals surface area contributed by atoms with Crippen LogP contribution in [0, 0.1) is 5.41 Å². The number of methoxy groups -OCH3 is 1. The molecule has 3 rings (SSSR count). The molecular weight excluding hydrogens is 566 g/mol. The number of ether oxygens (including phenoxy) is 1. The summed E-state index contributed by atoms with van der Waals surface area (Å²) >= 11 is 1.23. The molecule has 0 heterocycles. The zero-order valence-electron chi connectivity index (χ0n) is 24.0. The average Bonchev–Trinajstić information content (AvgIpc) is 2.93. The van der Waals surface area contributed by atoms with Crippen molar-refractivity contribution >= 4 is 46.9 Å². The zero-order chi connectivity index (χ0) is 31.6. The Labute approximate surface area is 247 Å². The summed E-state index contributed by atoms with van der Waals surface area (Å²) in [7, 11) is 1.53. The van der Waals surface area contributed by atoms with Crippen molar-refractivity contribution in [3.63, 3.8) is 0 Å². The number of ketones is 1. The fraction of sp³-hybridized carbons (Fsp3) is 0.483. The molecule has 4 atom stereocenters. The van der Waals surface area contributed by atoms with E-state index in [0.29, 0.717) is 22.5 Å². The van der Waals surface area contributed by atoms with Crippen molar-refractivity contribution < 1.29 is 44.0 Å². The highest BCUT2D eigenvalue weighted by Gasteiger charge is 2.57. The van der Waals surface area contributed by atoms with Crippen molar-refractivity contribution in [2.24, 2.45) is 11.1 Å². The highest BCUT2D eigenvalue weighted by atomic mass is 32.2. The Kier molecular flexibility index (Phi) is 9.78. The number of allylic oxidation sites excluding steroid dienone is 2. The number of benzene rings is 1. The van der Waals surface area contributed by atoms with Gasteiger partial charge in [0, 0.05) is 40.2 Å². The fourth-order valence-electron chi connectivity index (χ4n) is 5.63. The van der Waals surface area contributed by atoms with Gasteiger partial charge in [0.1, 0.15) is 35.9 Å². The molecule has 1 aromatic rings. The first-order valence-electron chi connectivity index (χ1n) is 13.3. The number of fused-ring (bicyclic) bond motifs is 3. The maximum absolute atomic E-state index is 13.5. The second kappa shape index (κ2) is 12.6. The molecule has 12 nitrogen and oxygen atoms in total. The average molecular weight is 604 g/mol. The quantitative estimate of drug-likeness (QED) is 0.203. The summed E-state index contributed by atoms with van der Waals surface area (Å²) < 4.78 is 5.47. The summed E-state index contributed by atoms with van der Waals surface area (Å²) in [4.78, 5) is 61.1. The molecule has 1 aromatic carbocycles. The number of aliphatic carboxylic acids is 2. The molecule has 0 saturated heterocycles. The molecule has 42 heavy (non-hydrogen) atoms. The van der Waals surface area contributed by atoms with Crippen LogP contribution in [-0.2, 0) is 29.4 Å². The lowest BCUT2D eigenvalue weighted by Gasteiger charge is -2.53. The Morgan fingerprint density at radius 2 is 1.88 bits per heavy atom. The number of carbonyl (C=O) groups is 5. The first-order chi connectivity index (χ1) is 19.5. The maximum atomic E-state index is 13.5. The third-order valence-corrected chi connectivity index (χ3v) is 9.59. The minimum atomic E-state index is -1.28. The lowest BCUT2D eigenvalue weighted by molar-refractivity contribution is -0.139. The Morgan fingerprint density at radius 1 is 1.21 bits per heavy atom. The molecule has 7 N–H and O–H groups in total. The van der Waals surface area contributed by atoms with Crippen LogP contribution in [0.1, 0.15) is 51.2 Å². The van der Waals surface area contributed by atoms with Gasteiger partial charge in [0.25, 0.3) is 0 Å². The predicted molar refractivity (Wildman–Crippen MR) is 156 cm³/mol. The Bertz CT molecular complexity index is 1360. The number of nitrogens with one attached hydrogen (secondary N) is 2. The number of Topliss-reactive ketones (excluding diaryl/α,β-unsaturated/α-hetero) is 1. The van der Waals surface area contributed by atoms with Gasteiger partial charge in [0.2, 0.25) is 11.8 Å². The topological polar surface area (TPSA) is 205 Å². The molecule has 0 aromatic heterocycles. The molecule has 1 saturated carbocycles. The maximum Gasteiger partial charge on any atom is 0.322 e. The molecule has 2 aliphatic rings. The van der Waals surface area contributed by atoms with E-state index in [2.05, 4.69) is 17.2 Å². The van der Waals surface area contributed by atoms with Crippen LogP contribution >= 0.6 is 11.8 Å². The molecule has 228 valence electrons. The molecular formula is C29H37N3O9S. The standard InChI is InChI=1S/C29H37N3O9S/c1-14-16-7-6-15(41-5)10-17(16)29(4)21(11-20(33)28(2,3)25(29)24(14)37)42-13-19(26(38)31-12-23(35)36)32-22(34)9-8-18(30)27(39)40/h6-7,10,18-19,21,37H,1,8-9,11-13,30H2,2-5H3,(H,31,38)(H,32,34)(H,35,36)(H,39,40). The van der Waals surface area contributed by atoms with E-state index in [0.717, 1.165) is 5.56 Å². The number of amides is 2. The molecule has 2 aliphatic carbocycles. The van der Waals surface area contributed by atoms with Crippen LogP contribution in [0.15, 0.2) is 36.1 Å². The van der Waals surface area contributed by atoms with Crippen LogP contribution in [0.25, 0.3) is 5.57 Å². The number of hydrogen-bond donors (Lipinski definition) is 6. The van der Waals surface area contributed by atoms with Gasteiger partial charge in [-0.15, -0.1) is 0 Å². The smallest absolute Gasteiger partial charge is 0.322 e. The van der Waals surface area contributed by atoms with Gasteiger partial charge in [-0.1, -0.05) is 19.6 Å². The first-order valence-corrected chi connectivity index (χ1v) is 14.3. The van der Waals surface area contributed by atoms with Gasteiger partial charge in [-0.05, 0) is 49.1 Å². The van der Waals surface area contributed by atoms with Gasteiger partial charge in [-0.25, -0.2) is 0 Å². The highest BCUT2D eigenvalue weighted by molar-refractivity contribution is 8.00. The molecule has 0 bridgehead atoms. The van der Waals surface area contributed by atoms with E-state index in [1.165, 1.54) is 18.9 Å². The largest absolute Gasteiger partial charge is 0.507 e. The third-order valence-electron chi connectivity index (χ3n) is 8.02. The minimum absolute atomic E-state index is 0.0512. The molecule has 0 spiro atoms. The van der Waals surface area contributed by atoms with Gasteiger partial charge in [-0.3, -0.25) is 24.0 Å². The molecule has 4 unspecified atom stereocenters. The third kappa shape index (κ3) is 6.31. The van der Waals surface area contributed by atoms with E-state index in [-0.39, 0.29) is 36.6 Å². The number of carboxylic acid groups (broad SMARTS) is 2. The van der Waals surface area contributed by atoms with Crippen molar-refractivity contribution in [1.82, 2.24) is 10.6 Å². The zero-order valence-corrected chi connectivity index (χ0v) is 24.8. The van der Waals surface area contributed by atoms with E-state index in [4.69, 9.17) is 20.7 Å². The molecule has 0 radical (unpaired) electrons. The monoisotopic (exact) mass is 603 g/mol. The molecule has 1 fully saturated rings. The van der Waals surface area contributed by atoms with Crippen LogP contribution < -0.4 is 21.1 Å². The number of carbonyl (C=O) groups excluding carboxylic acids is 3. The van der Waals surface area contributed by atoms with Crippen LogP contribution in [0.5, 0.6) is 5.75 Å². The summed E-state index contributed by atoms with van der Waals surface area (Å²) in [5, 5.41) is 33.7. The van der Waals surface area contributed by atoms with E-state index < -0.39 is 58.5 Å². The summed E-state index contributed by atoms with van der Waals surface area (Å²) in [6.45, 7) is 8.82. The van der Waals surface area contributed by atoms with Crippen molar-refractivity contribution in [2.45, 2.75) is 62.8 Å². The van der Waals surface area contributed by atoms with Crippen LogP contribution in [0.3, 0.4) is 0 Å². The van der Waals surface area contributed by atoms with Crippen LogP contribution in [-0.4, -0.2) is 81.6 Å². The number of thioether (sulfide) groups is 1. The lowest BCUT2D eigenvalue weighted by atomic mass is 9.53. The van der Waals surface area contributed by atoms with Gasteiger partial charge >= 0.3 is 11.9 Å². The fourth-order valence-corrected chi connectivity index (χ4v) is 7.14. The molecule has 0 aliphatic heterocycles. The lowest BCUT2D eigenvalue weighted by Crippen LogP contribution is -2.54. The summed E-state index contributed by atoms with van der Waals surface area (Å²) in [5.74, 6) is -3.63. The number of aliphatic hydroxyl groups is 1. The van der Waals surface area contributed by atoms with Crippen molar-refractivity contribution in [2.75, 3.05) is 19.4 Å². The second-order valence-electron chi connectivity index (χ2n) is 11.1. The molecule has 13 heteroatoms. The van der Waals surface area contributed by atoms with Gasteiger partial charge in [-0.2, -0.15) is 11.8 Å². The summed E-state index contributed by atoms with van der Waals surface area (Å²) in [5.41, 5.74) is 5.88. The van der Waals surface area contributed by atoms with E-state index in [1.54, 1.807) is 26.0 Å². The second-order valence-corrected chi connectivity index (χ2v) is 12.3. The van der Waals surface area contributed by atoms with Crippen molar-refractivity contribution in [3.8, 4) is 5.75 Å². The van der Waals surface area contributed by atoms with Gasteiger partial charge in [0.05, 0.1) is 7.11 Å². The SMILES string of the molecule is C=C1C(O)=C2C(C)(C)C(=O)CC(SCC(NC(=O)CCC(N)C(=O)O)C(=O)NCC(=O)O)C2(C)c2cc(OC)ccc21. The predicted octanol–water partition coefficient (Wildman–Crippen LogP) is 1.77. The van der Waals surface area contributed by atoms with Crippen molar-refractivity contribution in [3.05, 3.63) is 47.2 Å². The van der Waals surface area contributed by atoms with E-state index >= 15 is 0 Å². The summed E-state index contributed by atoms with van der Waals surface area (Å²) in [6.07, 6.45) is -0.359.